The molecule has 0 atom stereocenters. The first-order chi connectivity index (χ1) is 10.9. The molecule has 0 N–H and O–H groups in total. The minimum atomic E-state index is -0.679. The molecule has 3 aromatic carbocycles. The van der Waals surface area contributed by atoms with Crippen LogP contribution in [0.2, 0.25) is 0 Å². The van der Waals surface area contributed by atoms with Crippen molar-refractivity contribution >= 4 is 23.8 Å². The van der Waals surface area contributed by atoms with Crippen molar-refractivity contribution in [1.29, 1.82) is 0 Å². The van der Waals surface area contributed by atoms with Gasteiger partial charge in [-0.25, -0.2) is 0 Å². The van der Waals surface area contributed by atoms with E-state index >= 15 is 0 Å². The van der Waals surface area contributed by atoms with Gasteiger partial charge < -0.3 is 14.2 Å². The molecule has 4 heteroatoms. The van der Waals surface area contributed by atoms with Gasteiger partial charge in [0, 0.05) is 7.92 Å². The summed E-state index contributed by atoms with van der Waals surface area (Å²) in [6, 6.07) is 18.0. The lowest BCUT2D eigenvalue weighted by Gasteiger charge is -2.38. The summed E-state index contributed by atoms with van der Waals surface area (Å²) in [5, 5.41) is 3.50. The van der Waals surface area contributed by atoms with Gasteiger partial charge in [-0.05, 0) is 36.4 Å². The summed E-state index contributed by atoms with van der Waals surface area (Å²) in [7, 11) is -0.679. The van der Waals surface area contributed by atoms with E-state index in [1.54, 1.807) is 0 Å². The highest BCUT2D eigenvalue weighted by Gasteiger charge is 2.42. The molecule has 0 radical (unpaired) electrons. The lowest BCUT2D eigenvalue weighted by molar-refractivity contribution is 0.446. The zero-order chi connectivity index (χ0) is 14.3. The third-order valence-corrected chi connectivity index (χ3v) is 6.88. The molecular formula is C18H9O3P. The molecule has 3 heterocycles. The average Bonchev–Trinajstić information content (AvgIpc) is 2.55. The Balaban J connectivity index is 1.80. The number of hydrogen-bond acceptors (Lipinski definition) is 3. The SMILES string of the molecule is c1cc2c3c(c1)Oc1cccc4c1P3c1c(cccc1O4)O2. The molecule has 3 aliphatic rings. The van der Waals surface area contributed by atoms with Crippen molar-refractivity contribution in [2.75, 3.05) is 0 Å². The Hall–Kier alpha value is -2.51. The van der Waals surface area contributed by atoms with Gasteiger partial charge in [0.15, 0.2) is 0 Å². The van der Waals surface area contributed by atoms with E-state index in [1.807, 2.05) is 54.6 Å². The van der Waals surface area contributed by atoms with Crippen LogP contribution in [-0.2, 0) is 0 Å². The predicted octanol–water partition coefficient (Wildman–Crippen LogP) is 3.76. The van der Waals surface area contributed by atoms with E-state index in [2.05, 4.69) is 0 Å². The van der Waals surface area contributed by atoms with Gasteiger partial charge in [0.1, 0.15) is 34.5 Å². The molecule has 0 spiro atoms. The van der Waals surface area contributed by atoms with Crippen molar-refractivity contribution in [3.63, 3.8) is 0 Å². The highest BCUT2D eigenvalue weighted by Crippen LogP contribution is 2.58. The first-order valence-corrected chi connectivity index (χ1v) is 8.47. The molecule has 0 saturated heterocycles. The monoisotopic (exact) mass is 304 g/mol. The summed E-state index contributed by atoms with van der Waals surface area (Å²) >= 11 is 0. The van der Waals surface area contributed by atoms with E-state index in [0.29, 0.717) is 0 Å². The molecule has 0 aliphatic carbocycles. The second-order valence-corrected chi connectivity index (χ2v) is 7.46. The van der Waals surface area contributed by atoms with Crippen LogP contribution in [0.25, 0.3) is 0 Å². The van der Waals surface area contributed by atoms with Crippen LogP contribution in [0.4, 0.5) is 0 Å². The third-order valence-electron chi connectivity index (χ3n) is 4.22. The molecule has 6 rings (SSSR count). The fraction of sp³-hybridized carbons (Fsp3) is 0. The lowest BCUT2D eigenvalue weighted by Crippen LogP contribution is -2.35. The third kappa shape index (κ3) is 1.18. The molecule has 0 amide bonds. The normalized spacial score (nSPS) is 15.3. The highest BCUT2D eigenvalue weighted by molar-refractivity contribution is 7.81. The highest BCUT2D eigenvalue weighted by atomic mass is 31.1. The second-order valence-electron chi connectivity index (χ2n) is 5.45. The summed E-state index contributed by atoms with van der Waals surface area (Å²) in [5.41, 5.74) is 0. The van der Waals surface area contributed by atoms with Gasteiger partial charge in [-0.15, -0.1) is 0 Å². The Morgan fingerprint density at radius 3 is 1.00 bits per heavy atom. The molecule has 0 unspecified atom stereocenters. The minimum absolute atomic E-state index is 0.679. The number of hydrogen-bond donors (Lipinski definition) is 0. The van der Waals surface area contributed by atoms with Crippen LogP contribution in [0.5, 0.6) is 34.5 Å². The Morgan fingerprint density at radius 1 is 0.455 bits per heavy atom. The van der Waals surface area contributed by atoms with Crippen LogP contribution >= 0.6 is 7.92 Å². The summed E-state index contributed by atoms with van der Waals surface area (Å²) in [6.07, 6.45) is 0. The Kier molecular flexibility index (Phi) is 1.83. The maximum Gasteiger partial charge on any atom is 0.139 e. The van der Waals surface area contributed by atoms with Crippen molar-refractivity contribution in [3.8, 4) is 34.5 Å². The maximum atomic E-state index is 6.11. The molecule has 0 bridgehead atoms. The zero-order valence-electron chi connectivity index (χ0n) is 11.4. The molecule has 0 fully saturated rings. The fourth-order valence-electron chi connectivity index (χ4n) is 3.35. The summed E-state index contributed by atoms with van der Waals surface area (Å²) in [4.78, 5) is 0. The number of rotatable bonds is 0. The molecular weight excluding hydrogens is 295 g/mol. The van der Waals surface area contributed by atoms with Crippen LogP contribution < -0.4 is 30.1 Å². The predicted molar refractivity (Wildman–Crippen MR) is 85.4 cm³/mol. The van der Waals surface area contributed by atoms with E-state index in [1.165, 1.54) is 15.9 Å². The van der Waals surface area contributed by atoms with E-state index in [4.69, 9.17) is 14.2 Å². The molecule has 22 heavy (non-hydrogen) atoms. The number of ether oxygens (including phenoxy) is 3. The average molecular weight is 304 g/mol. The standard InChI is InChI=1S/C18H9O3P/c1-4-10-16-11(5-1)20-13-7-3-9-15-18(13)22(16)17-12(19-10)6-2-8-14(17)21-15/h1-9H. The first-order valence-electron chi connectivity index (χ1n) is 7.13. The smallest absolute Gasteiger partial charge is 0.139 e. The lowest BCUT2D eigenvalue weighted by atomic mass is 10.2. The van der Waals surface area contributed by atoms with E-state index in [0.717, 1.165) is 34.5 Å². The van der Waals surface area contributed by atoms with Crippen LogP contribution in [0.15, 0.2) is 54.6 Å². The van der Waals surface area contributed by atoms with Crippen LogP contribution in [-0.4, -0.2) is 0 Å². The number of benzene rings is 3. The van der Waals surface area contributed by atoms with Gasteiger partial charge in [0.2, 0.25) is 0 Å². The summed E-state index contributed by atoms with van der Waals surface area (Å²) in [5.74, 6) is 5.39. The Bertz CT molecular complexity index is 792. The van der Waals surface area contributed by atoms with Crippen molar-refractivity contribution in [2.24, 2.45) is 0 Å². The molecule has 3 aliphatic heterocycles. The zero-order valence-corrected chi connectivity index (χ0v) is 12.3. The van der Waals surface area contributed by atoms with Gasteiger partial charge in [-0.1, -0.05) is 18.2 Å². The largest absolute Gasteiger partial charge is 0.456 e. The fourth-order valence-corrected chi connectivity index (χ4v) is 6.07. The van der Waals surface area contributed by atoms with Gasteiger partial charge in [-0.3, -0.25) is 0 Å². The van der Waals surface area contributed by atoms with Gasteiger partial charge in [0.05, 0.1) is 15.9 Å². The van der Waals surface area contributed by atoms with E-state index in [-0.39, 0.29) is 0 Å². The molecule has 3 nitrogen and oxygen atoms in total. The van der Waals surface area contributed by atoms with Crippen LogP contribution in [0, 0.1) is 0 Å². The Labute approximate surface area is 127 Å². The molecule has 3 aromatic rings. The van der Waals surface area contributed by atoms with Crippen LogP contribution in [0.1, 0.15) is 0 Å². The first kappa shape index (κ1) is 11.1. The second kappa shape index (κ2) is 3.63. The Morgan fingerprint density at radius 2 is 0.727 bits per heavy atom. The quantitative estimate of drug-likeness (QED) is 0.400. The molecule has 104 valence electrons. The summed E-state index contributed by atoms with van der Waals surface area (Å²) < 4.78 is 18.3. The van der Waals surface area contributed by atoms with E-state index in [9.17, 15) is 0 Å². The topological polar surface area (TPSA) is 27.7 Å². The van der Waals surface area contributed by atoms with Crippen molar-refractivity contribution < 1.29 is 14.2 Å². The van der Waals surface area contributed by atoms with Gasteiger partial charge in [-0.2, -0.15) is 0 Å². The molecule has 0 aromatic heterocycles. The van der Waals surface area contributed by atoms with Gasteiger partial charge >= 0.3 is 0 Å². The van der Waals surface area contributed by atoms with Gasteiger partial charge in [0.25, 0.3) is 0 Å². The van der Waals surface area contributed by atoms with Crippen LogP contribution in [0.3, 0.4) is 0 Å². The molecule has 0 saturated carbocycles. The minimum Gasteiger partial charge on any atom is -0.456 e. The van der Waals surface area contributed by atoms with Crippen molar-refractivity contribution in [2.45, 2.75) is 0 Å². The van der Waals surface area contributed by atoms with Crippen molar-refractivity contribution in [1.82, 2.24) is 0 Å². The maximum absolute atomic E-state index is 6.11. The summed E-state index contributed by atoms with van der Waals surface area (Å²) in [6.45, 7) is 0. The van der Waals surface area contributed by atoms with Crippen molar-refractivity contribution in [3.05, 3.63) is 54.6 Å². The van der Waals surface area contributed by atoms with E-state index < -0.39 is 7.92 Å².